The molecule has 1 atom stereocenters. The smallest absolute Gasteiger partial charge is 0.304 e. The minimum absolute atomic E-state index is 0.287. The molecule has 6 heteroatoms. The molecule has 0 amide bonds. The van der Waals surface area contributed by atoms with Crippen molar-refractivity contribution in [2.75, 3.05) is 19.3 Å². The first-order chi connectivity index (χ1) is 6.79. The van der Waals surface area contributed by atoms with E-state index in [9.17, 15) is 13.2 Å². The van der Waals surface area contributed by atoms with E-state index in [1.54, 1.807) is 0 Å². The van der Waals surface area contributed by atoms with Gasteiger partial charge in [-0.3, -0.25) is 4.79 Å². The van der Waals surface area contributed by atoms with Gasteiger partial charge in [-0.15, -0.1) is 0 Å². The van der Waals surface area contributed by atoms with Crippen LogP contribution in [0.1, 0.15) is 26.7 Å². The lowest BCUT2D eigenvalue weighted by Gasteiger charge is -2.19. The molecule has 0 aromatic heterocycles. The van der Waals surface area contributed by atoms with E-state index >= 15 is 0 Å². The number of sulfonamides is 1. The number of hydrogen-bond acceptors (Lipinski definition) is 3. The minimum Gasteiger partial charge on any atom is -0.481 e. The predicted molar refractivity (Wildman–Crippen MR) is 58.1 cm³/mol. The maximum atomic E-state index is 11.5. The van der Waals surface area contributed by atoms with Crippen molar-refractivity contribution in [2.24, 2.45) is 5.92 Å². The van der Waals surface area contributed by atoms with Crippen LogP contribution in [0.5, 0.6) is 0 Å². The number of carboxylic acids is 1. The third kappa shape index (κ3) is 5.74. The molecule has 1 N–H and O–H groups in total. The molecule has 1 unspecified atom stereocenters. The Morgan fingerprint density at radius 3 is 2.40 bits per heavy atom. The van der Waals surface area contributed by atoms with Crippen molar-refractivity contribution in [3.8, 4) is 0 Å². The van der Waals surface area contributed by atoms with Gasteiger partial charge in [0, 0.05) is 13.6 Å². The van der Waals surface area contributed by atoms with Crippen molar-refractivity contribution >= 4 is 16.0 Å². The monoisotopic (exact) mass is 237 g/mol. The Morgan fingerprint density at radius 1 is 1.47 bits per heavy atom. The van der Waals surface area contributed by atoms with E-state index in [2.05, 4.69) is 0 Å². The zero-order valence-corrected chi connectivity index (χ0v) is 10.2. The Balaban J connectivity index is 4.26. The summed E-state index contributed by atoms with van der Waals surface area (Å²) in [4.78, 5) is 10.3. The third-order valence-corrected chi connectivity index (χ3v) is 4.13. The summed E-state index contributed by atoms with van der Waals surface area (Å²) < 4.78 is 24.3. The number of aliphatic carboxylic acids is 1. The number of hydrogen-bond donors (Lipinski definition) is 1. The van der Waals surface area contributed by atoms with Gasteiger partial charge in [-0.1, -0.05) is 20.3 Å². The van der Waals surface area contributed by atoms with Crippen LogP contribution in [0, 0.1) is 5.92 Å². The molecule has 0 aliphatic heterocycles. The number of carboxylic acid groups (broad SMARTS) is 1. The first-order valence-corrected chi connectivity index (χ1v) is 6.56. The van der Waals surface area contributed by atoms with Gasteiger partial charge in [0.05, 0.1) is 12.2 Å². The molecule has 0 fully saturated rings. The second-order valence-electron chi connectivity index (χ2n) is 3.75. The summed E-state index contributed by atoms with van der Waals surface area (Å²) in [6.07, 6.45) is 0.561. The van der Waals surface area contributed by atoms with Crippen molar-refractivity contribution in [1.82, 2.24) is 4.31 Å². The van der Waals surface area contributed by atoms with Crippen molar-refractivity contribution in [1.29, 1.82) is 0 Å². The number of nitrogens with zero attached hydrogens (tertiary/aromatic N) is 1. The van der Waals surface area contributed by atoms with Gasteiger partial charge < -0.3 is 5.11 Å². The first kappa shape index (κ1) is 14.4. The van der Waals surface area contributed by atoms with E-state index in [1.165, 1.54) is 11.4 Å². The molecule has 0 aromatic rings. The Morgan fingerprint density at radius 2 is 2.00 bits per heavy atom. The third-order valence-electron chi connectivity index (χ3n) is 2.31. The van der Waals surface area contributed by atoms with Gasteiger partial charge in [-0.2, -0.15) is 0 Å². The second-order valence-corrected chi connectivity index (χ2v) is 5.95. The maximum Gasteiger partial charge on any atom is 0.304 e. The van der Waals surface area contributed by atoms with E-state index in [4.69, 9.17) is 5.11 Å². The van der Waals surface area contributed by atoms with Crippen LogP contribution >= 0.6 is 0 Å². The normalized spacial score (nSPS) is 14.1. The quantitative estimate of drug-likeness (QED) is 0.709. The van der Waals surface area contributed by atoms with Crippen LogP contribution in [0.15, 0.2) is 0 Å². The van der Waals surface area contributed by atoms with Crippen molar-refractivity contribution in [3.63, 3.8) is 0 Å². The summed E-state index contributed by atoms with van der Waals surface area (Å²) in [5, 5.41) is 8.40. The predicted octanol–water partition coefficient (Wildman–Crippen LogP) is 0.769. The molecule has 5 nitrogen and oxygen atoms in total. The molecule has 0 aromatic carbocycles. The maximum absolute atomic E-state index is 11.5. The van der Waals surface area contributed by atoms with E-state index in [0.29, 0.717) is 6.54 Å². The van der Waals surface area contributed by atoms with Gasteiger partial charge in [0.2, 0.25) is 10.0 Å². The van der Waals surface area contributed by atoms with E-state index in [0.717, 1.165) is 6.42 Å². The standard InChI is InChI=1S/C9H19NO4S/c1-4-8(2)7-10(3)15(13,14)6-5-9(11)12/h8H,4-7H2,1-3H3,(H,11,12). The summed E-state index contributed by atoms with van der Waals surface area (Å²) in [7, 11) is -1.92. The van der Waals surface area contributed by atoms with Gasteiger partial charge in [0.15, 0.2) is 0 Å². The summed E-state index contributed by atoms with van der Waals surface area (Å²) in [5.41, 5.74) is 0. The molecule has 0 saturated heterocycles. The van der Waals surface area contributed by atoms with Gasteiger partial charge in [-0.25, -0.2) is 12.7 Å². The molecular weight excluding hydrogens is 218 g/mol. The lowest BCUT2D eigenvalue weighted by molar-refractivity contribution is -0.136. The van der Waals surface area contributed by atoms with Gasteiger partial charge >= 0.3 is 5.97 Å². The van der Waals surface area contributed by atoms with Crippen molar-refractivity contribution in [3.05, 3.63) is 0 Å². The minimum atomic E-state index is -3.41. The Bertz CT molecular complexity index is 299. The fourth-order valence-corrected chi connectivity index (χ4v) is 2.28. The lowest BCUT2D eigenvalue weighted by Crippen LogP contribution is -2.33. The van der Waals surface area contributed by atoms with Crippen LogP contribution in [-0.2, 0) is 14.8 Å². The fraction of sp³-hybridized carbons (Fsp3) is 0.889. The van der Waals surface area contributed by atoms with E-state index < -0.39 is 16.0 Å². The highest BCUT2D eigenvalue weighted by atomic mass is 32.2. The van der Waals surface area contributed by atoms with Crippen molar-refractivity contribution in [2.45, 2.75) is 26.7 Å². The molecule has 15 heavy (non-hydrogen) atoms. The molecule has 90 valence electrons. The topological polar surface area (TPSA) is 74.7 Å². The Kier molecular flexibility index (Phi) is 5.82. The highest BCUT2D eigenvalue weighted by Crippen LogP contribution is 2.07. The summed E-state index contributed by atoms with van der Waals surface area (Å²) in [6.45, 7) is 4.39. The van der Waals surface area contributed by atoms with Crippen LogP contribution < -0.4 is 0 Å². The van der Waals surface area contributed by atoms with Crippen molar-refractivity contribution < 1.29 is 18.3 Å². The number of carbonyl (C=O) groups is 1. The highest BCUT2D eigenvalue weighted by molar-refractivity contribution is 7.89. The zero-order chi connectivity index (χ0) is 12.1. The van der Waals surface area contributed by atoms with Crippen LogP contribution in [0.25, 0.3) is 0 Å². The van der Waals surface area contributed by atoms with Gasteiger partial charge in [0.1, 0.15) is 0 Å². The summed E-state index contributed by atoms with van der Waals surface area (Å²) in [5.74, 6) is -1.12. The lowest BCUT2D eigenvalue weighted by atomic mass is 10.1. The van der Waals surface area contributed by atoms with E-state index in [-0.39, 0.29) is 18.1 Å². The number of rotatable bonds is 7. The molecule has 0 aliphatic rings. The molecular formula is C9H19NO4S. The van der Waals surface area contributed by atoms with E-state index in [1.807, 2.05) is 13.8 Å². The highest BCUT2D eigenvalue weighted by Gasteiger charge is 2.20. The SMILES string of the molecule is CCC(C)CN(C)S(=O)(=O)CCC(=O)O. The van der Waals surface area contributed by atoms with Crippen LogP contribution in [0.2, 0.25) is 0 Å². The molecule has 0 spiro atoms. The average molecular weight is 237 g/mol. The Hall–Kier alpha value is -0.620. The fourth-order valence-electron chi connectivity index (χ4n) is 1.05. The average Bonchev–Trinajstić information content (AvgIpc) is 2.14. The summed E-state index contributed by atoms with van der Waals surface area (Å²) in [6, 6.07) is 0. The molecule has 0 radical (unpaired) electrons. The zero-order valence-electron chi connectivity index (χ0n) is 9.43. The van der Waals surface area contributed by atoms with Gasteiger partial charge in [0.25, 0.3) is 0 Å². The van der Waals surface area contributed by atoms with Crippen LogP contribution in [-0.4, -0.2) is 43.1 Å². The van der Waals surface area contributed by atoms with Gasteiger partial charge in [-0.05, 0) is 5.92 Å². The first-order valence-electron chi connectivity index (χ1n) is 4.95. The van der Waals surface area contributed by atoms with Crippen LogP contribution in [0.4, 0.5) is 0 Å². The molecule has 0 rings (SSSR count). The Labute approximate surface area is 91.1 Å². The largest absolute Gasteiger partial charge is 0.481 e. The van der Waals surface area contributed by atoms with Crippen LogP contribution in [0.3, 0.4) is 0 Å². The molecule has 0 saturated carbocycles. The molecule has 0 aliphatic carbocycles. The molecule has 0 bridgehead atoms. The summed E-state index contributed by atoms with van der Waals surface area (Å²) >= 11 is 0. The molecule has 0 heterocycles. The second kappa shape index (κ2) is 6.07.